The first kappa shape index (κ1) is 15.0. The van der Waals surface area contributed by atoms with Gasteiger partial charge in [0, 0.05) is 23.6 Å². The van der Waals surface area contributed by atoms with Crippen LogP contribution in [-0.4, -0.2) is 31.5 Å². The van der Waals surface area contributed by atoms with Crippen molar-refractivity contribution in [3.05, 3.63) is 65.7 Å². The van der Waals surface area contributed by atoms with Gasteiger partial charge in [0.05, 0.1) is 6.20 Å². The van der Waals surface area contributed by atoms with Crippen molar-refractivity contribution in [2.45, 2.75) is 6.04 Å². The summed E-state index contributed by atoms with van der Waals surface area (Å²) in [5.41, 5.74) is 2.94. The fraction of sp³-hybridized carbons (Fsp3) is 0.0667. The van der Waals surface area contributed by atoms with Crippen LogP contribution in [0.4, 0.5) is 4.79 Å². The first-order valence-electron chi connectivity index (χ1n) is 6.76. The zero-order valence-corrected chi connectivity index (χ0v) is 12.8. The van der Waals surface area contributed by atoms with Crippen molar-refractivity contribution in [1.82, 2.24) is 25.3 Å². The van der Waals surface area contributed by atoms with Gasteiger partial charge in [-0.2, -0.15) is 15.4 Å². The molecule has 1 amide bonds. The van der Waals surface area contributed by atoms with Crippen molar-refractivity contribution in [2.24, 2.45) is 0 Å². The Morgan fingerprint density at radius 3 is 2.65 bits per heavy atom. The summed E-state index contributed by atoms with van der Waals surface area (Å²) in [6, 6.07) is 8.82. The maximum Gasteiger partial charge on any atom is 0.276 e. The number of carbonyl (C=O) groups is 2. The number of carbonyl (C=O) groups excluding carboxylic acids is 2. The van der Waals surface area contributed by atoms with Crippen molar-refractivity contribution in [2.75, 3.05) is 0 Å². The Balaban J connectivity index is 1.89. The normalized spacial score (nSPS) is 11.9. The zero-order valence-electron chi connectivity index (χ0n) is 11.9. The van der Waals surface area contributed by atoms with Gasteiger partial charge in [-0.1, -0.05) is 24.8 Å². The van der Waals surface area contributed by atoms with Crippen LogP contribution in [0.25, 0.3) is 5.69 Å². The number of H-pyrrole nitrogens is 1. The maximum atomic E-state index is 11.3. The summed E-state index contributed by atoms with van der Waals surface area (Å²) < 4.78 is 1.84. The molecule has 0 spiro atoms. The summed E-state index contributed by atoms with van der Waals surface area (Å²) in [6.07, 6.45) is 5.90. The van der Waals surface area contributed by atoms with Crippen LogP contribution in [0, 0.1) is 0 Å². The number of aldehydes is 1. The molecule has 1 aromatic carbocycles. The molecule has 2 aromatic heterocycles. The predicted molar refractivity (Wildman–Crippen MR) is 86.9 cm³/mol. The molecule has 0 aliphatic rings. The fourth-order valence-electron chi connectivity index (χ4n) is 2.28. The number of aromatic amines is 1. The molecule has 23 heavy (non-hydrogen) atoms. The Kier molecular flexibility index (Phi) is 4.24. The van der Waals surface area contributed by atoms with Crippen LogP contribution in [0.2, 0.25) is 0 Å². The molecule has 0 fully saturated rings. The molecule has 0 radical (unpaired) electrons. The highest BCUT2D eigenvalue weighted by molar-refractivity contribution is 7.96. The lowest BCUT2D eigenvalue weighted by molar-refractivity contribution is 0.112. The minimum absolute atomic E-state index is 0.442. The number of nitrogens with one attached hydrogen (secondary N) is 2. The van der Waals surface area contributed by atoms with Crippen LogP contribution in [0.3, 0.4) is 0 Å². The highest BCUT2D eigenvalue weighted by Gasteiger charge is 2.18. The quantitative estimate of drug-likeness (QED) is 0.494. The van der Waals surface area contributed by atoms with E-state index in [9.17, 15) is 9.59 Å². The number of rotatable bonds is 5. The molecule has 2 heterocycles. The van der Waals surface area contributed by atoms with Crippen LogP contribution in [0.15, 0.2) is 48.9 Å². The van der Waals surface area contributed by atoms with E-state index in [0.717, 1.165) is 17.5 Å². The SMILES string of the molecule is O=Cc1ccn(-c2ccc(C(NC(=O)S)c3cn[nH]n3)cc2)c1. The molecule has 0 aliphatic carbocycles. The van der Waals surface area contributed by atoms with E-state index in [1.165, 1.54) is 0 Å². The molecule has 7 nitrogen and oxygen atoms in total. The van der Waals surface area contributed by atoms with E-state index in [1.807, 2.05) is 35.0 Å². The fourth-order valence-corrected chi connectivity index (χ4v) is 2.41. The number of aromatic nitrogens is 4. The number of nitrogens with zero attached hydrogens (tertiary/aromatic N) is 3. The summed E-state index contributed by atoms with van der Waals surface area (Å²) in [5.74, 6) is 0. The van der Waals surface area contributed by atoms with E-state index in [1.54, 1.807) is 18.5 Å². The summed E-state index contributed by atoms with van der Waals surface area (Å²) >= 11 is 3.76. The van der Waals surface area contributed by atoms with Crippen LogP contribution >= 0.6 is 12.6 Å². The standard InChI is InChI=1S/C15H13N5O2S/c21-9-10-5-6-20(8-10)12-3-1-11(2-4-12)14(17-15(22)23)13-7-16-19-18-13/h1-9,14H,(H,16,18,19)(H2,17,22,23). The molecule has 0 bridgehead atoms. The van der Waals surface area contributed by atoms with Gasteiger partial charge in [0.1, 0.15) is 11.7 Å². The van der Waals surface area contributed by atoms with Crippen LogP contribution in [0.5, 0.6) is 0 Å². The number of thiol groups is 1. The number of hydrogen-bond acceptors (Lipinski definition) is 4. The number of amides is 1. The second kappa shape index (κ2) is 6.49. The largest absolute Gasteiger partial charge is 0.335 e. The monoisotopic (exact) mass is 327 g/mol. The van der Waals surface area contributed by atoms with Gasteiger partial charge in [-0.25, -0.2) is 0 Å². The minimum atomic E-state index is -0.455. The maximum absolute atomic E-state index is 11.3. The Labute approximate surface area is 137 Å². The van der Waals surface area contributed by atoms with Gasteiger partial charge in [0.2, 0.25) is 0 Å². The van der Waals surface area contributed by atoms with E-state index in [4.69, 9.17) is 0 Å². The van der Waals surface area contributed by atoms with E-state index < -0.39 is 11.3 Å². The van der Waals surface area contributed by atoms with Crippen LogP contribution in [-0.2, 0) is 0 Å². The number of hydrogen-bond donors (Lipinski definition) is 3. The predicted octanol–water partition coefficient (Wildman–Crippen LogP) is 2.14. The van der Waals surface area contributed by atoms with Gasteiger partial charge >= 0.3 is 0 Å². The van der Waals surface area contributed by atoms with Gasteiger partial charge in [-0.15, -0.1) is 0 Å². The van der Waals surface area contributed by atoms with Crippen LogP contribution < -0.4 is 5.32 Å². The van der Waals surface area contributed by atoms with E-state index in [-0.39, 0.29) is 0 Å². The number of benzene rings is 1. The Hall–Kier alpha value is -2.87. The lowest BCUT2D eigenvalue weighted by Gasteiger charge is -2.16. The summed E-state index contributed by atoms with van der Waals surface area (Å²) in [5, 5.41) is 12.6. The smallest absolute Gasteiger partial charge is 0.276 e. The van der Waals surface area contributed by atoms with Crippen molar-refractivity contribution < 1.29 is 9.59 Å². The molecule has 0 saturated heterocycles. The van der Waals surface area contributed by atoms with Crippen molar-refractivity contribution in [1.29, 1.82) is 0 Å². The highest BCUT2D eigenvalue weighted by atomic mass is 32.1. The van der Waals surface area contributed by atoms with Crippen molar-refractivity contribution >= 4 is 24.2 Å². The third-order valence-electron chi connectivity index (χ3n) is 3.37. The Morgan fingerprint density at radius 1 is 1.30 bits per heavy atom. The molecule has 116 valence electrons. The third kappa shape index (κ3) is 3.32. The minimum Gasteiger partial charge on any atom is -0.335 e. The zero-order chi connectivity index (χ0) is 16.2. The molecule has 3 aromatic rings. The van der Waals surface area contributed by atoms with Crippen molar-refractivity contribution in [3.8, 4) is 5.69 Å². The first-order chi connectivity index (χ1) is 11.2. The average Bonchev–Trinajstić information content (AvgIpc) is 3.24. The molecule has 0 saturated carbocycles. The van der Waals surface area contributed by atoms with E-state index >= 15 is 0 Å². The average molecular weight is 327 g/mol. The van der Waals surface area contributed by atoms with Gasteiger partial charge in [0.15, 0.2) is 6.29 Å². The van der Waals surface area contributed by atoms with Gasteiger partial charge in [0.25, 0.3) is 5.24 Å². The Morgan fingerprint density at radius 2 is 2.09 bits per heavy atom. The summed E-state index contributed by atoms with van der Waals surface area (Å²) in [6.45, 7) is 0. The molecule has 0 aliphatic heterocycles. The van der Waals surface area contributed by atoms with E-state index in [0.29, 0.717) is 11.3 Å². The summed E-state index contributed by atoms with van der Waals surface area (Å²) in [4.78, 5) is 22.1. The summed E-state index contributed by atoms with van der Waals surface area (Å²) in [7, 11) is 0. The molecular formula is C15H13N5O2S. The second-order valence-electron chi connectivity index (χ2n) is 4.84. The van der Waals surface area contributed by atoms with Gasteiger partial charge < -0.3 is 9.88 Å². The van der Waals surface area contributed by atoms with Crippen molar-refractivity contribution in [3.63, 3.8) is 0 Å². The Bertz CT molecular complexity index is 811. The van der Waals surface area contributed by atoms with Crippen LogP contribution in [0.1, 0.15) is 27.7 Å². The van der Waals surface area contributed by atoms with Gasteiger partial charge in [-0.05, 0) is 23.8 Å². The lowest BCUT2D eigenvalue weighted by Crippen LogP contribution is -2.25. The highest BCUT2D eigenvalue weighted by Crippen LogP contribution is 2.22. The molecule has 8 heteroatoms. The molecule has 2 N–H and O–H groups in total. The molecule has 1 unspecified atom stereocenters. The topological polar surface area (TPSA) is 92.7 Å². The van der Waals surface area contributed by atoms with Gasteiger partial charge in [-0.3, -0.25) is 9.59 Å². The first-order valence-corrected chi connectivity index (χ1v) is 7.21. The molecule has 1 atom stereocenters. The third-order valence-corrected chi connectivity index (χ3v) is 3.50. The lowest BCUT2D eigenvalue weighted by atomic mass is 10.0. The second-order valence-corrected chi connectivity index (χ2v) is 5.25. The van der Waals surface area contributed by atoms with E-state index in [2.05, 4.69) is 33.4 Å². The molecular weight excluding hydrogens is 314 g/mol. The molecule has 3 rings (SSSR count).